The highest BCUT2D eigenvalue weighted by Gasteiger charge is 1.96. The average molecular weight is 219 g/mol. The van der Waals surface area contributed by atoms with Crippen molar-refractivity contribution < 1.29 is 0 Å². The van der Waals surface area contributed by atoms with Crippen molar-refractivity contribution in [3.8, 4) is 0 Å². The Bertz CT molecular complexity index is 274. The molecule has 90 valence electrons. The smallest absolute Gasteiger partial charge is 0.0227 e. The van der Waals surface area contributed by atoms with Crippen LogP contribution in [0.4, 0.5) is 0 Å². The van der Waals surface area contributed by atoms with Gasteiger partial charge in [-0.3, -0.25) is 0 Å². The van der Waals surface area contributed by atoms with Gasteiger partial charge in [-0.15, -0.1) is 0 Å². The summed E-state index contributed by atoms with van der Waals surface area (Å²) in [5.74, 6) is 0. The van der Waals surface area contributed by atoms with Crippen molar-refractivity contribution >= 4 is 0 Å². The Labute approximate surface area is 100 Å². The molecule has 1 nitrogen and oxygen atoms in total. The van der Waals surface area contributed by atoms with E-state index in [0.717, 1.165) is 6.54 Å². The zero-order valence-corrected chi connectivity index (χ0v) is 11.0. The molecule has 0 spiro atoms. The van der Waals surface area contributed by atoms with Gasteiger partial charge in [-0.1, -0.05) is 50.5 Å². The van der Waals surface area contributed by atoms with Crippen LogP contribution in [-0.4, -0.2) is 19.0 Å². The molecule has 0 amide bonds. The van der Waals surface area contributed by atoms with Crippen LogP contribution in [0.5, 0.6) is 0 Å². The molecule has 0 unspecified atom stereocenters. The summed E-state index contributed by atoms with van der Waals surface area (Å²) in [6.07, 6.45) is 6.64. The second kappa shape index (κ2) is 7.45. The van der Waals surface area contributed by atoms with E-state index in [4.69, 9.17) is 0 Å². The molecule has 0 bridgehead atoms. The first-order valence-corrected chi connectivity index (χ1v) is 6.45. The van der Waals surface area contributed by atoms with Crippen molar-refractivity contribution in [2.45, 2.75) is 45.6 Å². The molecular formula is C15H25N. The molecule has 0 atom stereocenters. The normalized spacial score (nSPS) is 11.0. The standard InChI is InChI=1S/C15H25N/c1-4-5-6-7-8-14-9-11-15(12-10-14)13-16(2)3/h9-12H,4-8,13H2,1-3H3. The van der Waals surface area contributed by atoms with Crippen molar-refractivity contribution in [1.82, 2.24) is 4.90 Å². The van der Waals surface area contributed by atoms with E-state index in [1.165, 1.54) is 43.2 Å². The Morgan fingerprint density at radius 1 is 0.875 bits per heavy atom. The third-order valence-corrected chi connectivity index (χ3v) is 2.84. The Hall–Kier alpha value is -0.820. The first-order chi connectivity index (χ1) is 7.72. The molecule has 1 heteroatoms. The summed E-state index contributed by atoms with van der Waals surface area (Å²) in [5.41, 5.74) is 2.89. The van der Waals surface area contributed by atoms with Crippen molar-refractivity contribution in [3.63, 3.8) is 0 Å². The van der Waals surface area contributed by atoms with E-state index in [9.17, 15) is 0 Å². The van der Waals surface area contributed by atoms with E-state index < -0.39 is 0 Å². The fourth-order valence-electron chi connectivity index (χ4n) is 1.93. The molecule has 0 radical (unpaired) electrons. The third kappa shape index (κ3) is 5.32. The molecule has 0 saturated heterocycles. The second-order valence-electron chi connectivity index (χ2n) is 4.86. The molecule has 0 aliphatic carbocycles. The highest BCUT2D eigenvalue weighted by molar-refractivity contribution is 5.22. The lowest BCUT2D eigenvalue weighted by Gasteiger charge is -2.10. The molecule has 0 aliphatic heterocycles. The molecule has 1 rings (SSSR count). The van der Waals surface area contributed by atoms with Crippen LogP contribution in [0.15, 0.2) is 24.3 Å². The predicted molar refractivity (Wildman–Crippen MR) is 71.7 cm³/mol. The van der Waals surface area contributed by atoms with Gasteiger partial charge >= 0.3 is 0 Å². The molecule has 0 aromatic heterocycles. The van der Waals surface area contributed by atoms with Gasteiger partial charge in [0.05, 0.1) is 0 Å². The van der Waals surface area contributed by atoms with Crippen molar-refractivity contribution in [2.75, 3.05) is 14.1 Å². The molecule has 0 aliphatic rings. The minimum atomic E-state index is 1.04. The molecule has 1 aromatic rings. The van der Waals surface area contributed by atoms with Gasteiger partial charge in [0, 0.05) is 6.54 Å². The Morgan fingerprint density at radius 3 is 2.06 bits per heavy atom. The van der Waals surface area contributed by atoms with Crippen LogP contribution in [0.25, 0.3) is 0 Å². The van der Waals surface area contributed by atoms with Gasteiger partial charge in [-0.2, -0.15) is 0 Å². The first kappa shape index (κ1) is 13.2. The molecular weight excluding hydrogens is 194 g/mol. The summed E-state index contributed by atoms with van der Waals surface area (Å²) in [6.45, 7) is 3.30. The summed E-state index contributed by atoms with van der Waals surface area (Å²) >= 11 is 0. The van der Waals surface area contributed by atoms with Crippen LogP contribution in [0.3, 0.4) is 0 Å². The van der Waals surface area contributed by atoms with Crippen LogP contribution < -0.4 is 0 Å². The van der Waals surface area contributed by atoms with E-state index in [2.05, 4.69) is 50.2 Å². The molecule has 0 fully saturated rings. The van der Waals surface area contributed by atoms with E-state index >= 15 is 0 Å². The van der Waals surface area contributed by atoms with E-state index in [1.807, 2.05) is 0 Å². The Kier molecular flexibility index (Phi) is 6.17. The topological polar surface area (TPSA) is 3.24 Å². The van der Waals surface area contributed by atoms with Crippen molar-refractivity contribution in [2.24, 2.45) is 0 Å². The van der Waals surface area contributed by atoms with Gasteiger partial charge in [0.1, 0.15) is 0 Å². The minimum absolute atomic E-state index is 1.04. The second-order valence-corrected chi connectivity index (χ2v) is 4.86. The maximum atomic E-state index is 2.28. The Morgan fingerprint density at radius 2 is 1.50 bits per heavy atom. The van der Waals surface area contributed by atoms with Crippen LogP contribution >= 0.6 is 0 Å². The minimum Gasteiger partial charge on any atom is -0.305 e. The number of rotatable bonds is 7. The Balaban J connectivity index is 2.33. The monoisotopic (exact) mass is 219 g/mol. The van der Waals surface area contributed by atoms with Gasteiger partial charge in [0.25, 0.3) is 0 Å². The maximum absolute atomic E-state index is 2.28. The fourth-order valence-corrected chi connectivity index (χ4v) is 1.93. The summed E-state index contributed by atoms with van der Waals surface area (Å²) in [4.78, 5) is 2.20. The highest BCUT2D eigenvalue weighted by Crippen LogP contribution is 2.10. The van der Waals surface area contributed by atoms with Gasteiger partial charge in [-0.25, -0.2) is 0 Å². The molecule has 1 aromatic carbocycles. The largest absolute Gasteiger partial charge is 0.305 e. The first-order valence-electron chi connectivity index (χ1n) is 6.45. The lowest BCUT2D eigenvalue weighted by molar-refractivity contribution is 0.402. The molecule has 0 heterocycles. The third-order valence-electron chi connectivity index (χ3n) is 2.84. The lowest BCUT2D eigenvalue weighted by atomic mass is 10.0. The number of nitrogens with zero attached hydrogens (tertiary/aromatic N) is 1. The van der Waals surface area contributed by atoms with Gasteiger partial charge in [0.2, 0.25) is 0 Å². The predicted octanol–water partition coefficient (Wildman–Crippen LogP) is 3.87. The van der Waals surface area contributed by atoms with Gasteiger partial charge < -0.3 is 4.90 Å². The summed E-state index contributed by atoms with van der Waals surface area (Å²) < 4.78 is 0. The molecule has 16 heavy (non-hydrogen) atoms. The van der Waals surface area contributed by atoms with Crippen molar-refractivity contribution in [1.29, 1.82) is 0 Å². The molecule has 0 N–H and O–H groups in total. The number of hydrogen-bond acceptors (Lipinski definition) is 1. The van der Waals surface area contributed by atoms with Crippen LogP contribution in [-0.2, 0) is 13.0 Å². The maximum Gasteiger partial charge on any atom is 0.0227 e. The zero-order valence-electron chi connectivity index (χ0n) is 11.0. The van der Waals surface area contributed by atoms with Crippen LogP contribution in [0.1, 0.15) is 43.7 Å². The van der Waals surface area contributed by atoms with E-state index in [1.54, 1.807) is 0 Å². The van der Waals surface area contributed by atoms with Crippen molar-refractivity contribution in [3.05, 3.63) is 35.4 Å². The number of benzene rings is 1. The van der Waals surface area contributed by atoms with Gasteiger partial charge in [-0.05, 0) is 38.1 Å². The van der Waals surface area contributed by atoms with E-state index in [0.29, 0.717) is 0 Å². The van der Waals surface area contributed by atoms with Crippen LogP contribution in [0.2, 0.25) is 0 Å². The number of aryl methyl sites for hydroxylation is 1. The average Bonchev–Trinajstić information content (AvgIpc) is 2.26. The highest BCUT2D eigenvalue weighted by atomic mass is 15.0. The van der Waals surface area contributed by atoms with Gasteiger partial charge in [0.15, 0.2) is 0 Å². The summed E-state index contributed by atoms with van der Waals surface area (Å²) in [5, 5.41) is 0. The van der Waals surface area contributed by atoms with E-state index in [-0.39, 0.29) is 0 Å². The quantitative estimate of drug-likeness (QED) is 0.629. The lowest BCUT2D eigenvalue weighted by Crippen LogP contribution is -2.10. The fraction of sp³-hybridized carbons (Fsp3) is 0.600. The summed E-state index contributed by atoms with van der Waals surface area (Å²) in [7, 11) is 4.22. The SMILES string of the molecule is CCCCCCc1ccc(CN(C)C)cc1. The number of hydrogen-bond donors (Lipinski definition) is 0. The zero-order chi connectivity index (χ0) is 11.8. The van der Waals surface area contributed by atoms with Crippen LogP contribution in [0, 0.1) is 0 Å². The number of unbranched alkanes of at least 4 members (excludes halogenated alkanes) is 3. The molecule has 0 saturated carbocycles. The summed E-state index contributed by atoms with van der Waals surface area (Å²) in [6, 6.07) is 9.08.